The maximum Gasteiger partial charge on any atom is 0.303 e. The second kappa shape index (κ2) is 16.1. The van der Waals surface area contributed by atoms with E-state index in [1.54, 1.807) is 0 Å². The Kier molecular flexibility index (Phi) is 16.0. The van der Waals surface area contributed by atoms with Gasteiger partial charge in [0.05, 0.1) is 0 Å². The monoisotopic (exact) mass is 454 g/mol. The quantitative estimate of drug-likeness (QED) is 0.467. The second-order valence-corrected chi connectivity index (χ2v) is 7.58. The van der Waals surface area contributed by atoms with Crippen molar-refractivity contribution in [1.82, 2.24) is 0 Å². The van der Waals surface area contributed by atoms with Crippen LogP contribution < -0.4 is 0 Å². The average molecular weight is 453 g/mol. The smallest absolute Gasteiger partial charge is 0.303 e. The first-order valence-corrected chi connectivity index (χ1v) is 10.0. The summed E-state index contributed by atoms with van der Waals surface area (Å²) in [4.78, 5) is 20.5. The summed E-state index contributed by atoms with van der Waals surface area (Å²) in [6.45, 7) is 0. The van der Waals surface area contributed by atoms with Gasteiger partial charge in [0.1, 0.15) is 0 Å². The van der Waals surface area contributed by atoms with Crippen molar-refractivity contribution in [2.75, 3.05) is 0 Å². The third kappa shape index (κ3) is 14.7. The van der Waals surface area contributed by atoms with Crippen LogP contribution in [0.25, 0.3) is 0 Å². The molecule has 0 aliphatic heterocycles. The van der Waals surface area contributed by atoms with Crippen LogP contribution in [-0.2, 0) is 36.9 Å². The van der Waals surface area contributed by atoms with Gasteiger partial charge in [-0.15, -0.1) is 0 Å². The van der Waals surface area contributed by atoms with E-state index >= 15 is 0 Å². The Labute approximate surface area is 173 Å². The van der Waals surface area contributed by atoms with Gasteiger partial charge in [-0.1, -0.05) is 64.2 Å². The zero-order chi connectivity index (χ0) is 17.6. The number of carboxylic acids is 2. The molecule has 2 rings (SSSR count). The van der Waals surface area contributed by atoms with E-state index in [1.165, 1.54) is 64.2 Å². The van der Waals surface area contributed by atoms with E-state index in [-0.39, 0.29) is 27.3 Å². The fourth-order valence-electron chi connectivity index (χ4n) is 4.04. The standard InChI is InChI=1S/2C10H18O2.Cd/c2*11-10(12)8-4-7-9-5-2-1-3-6-9;/h2*9H,1-8H2,(H,11,12);. The predicted octanol–water partition coefficient (Wildman–Crippen LogP) is 5.64. The van der Waals surface area contributed by atoms with Gasteiger partial charge in [-0.2, -0.15) is 0 Å². The van der Waals surface area contributed by atoms with Gasteiger partial charge in [-0.25, -0.2) is 0 Å². The van der Waals surface area contributed by atoms with Gasteiger partial charge in [0.2, 0.25) is 0 Å². The summed E-state index contributed by atoms with van der Waals surface area (Å²) in [7, 11) is 0. The number of hydrogen-bond donors (Lipinski definition) is 2. The summed E-state index contributed by atoms with van der Waals surface area (Å²) in [5, 5.41) is 16.9. The first-order valence-electron chi connectivity index (χ1n) is 10.0. The minimum absolute atomic E-state index is 0. The summed E-state index contributed by atoms with van der Waals surface area (Å²) in [5.74, 6) is 0.368. The Morgan fingerprint density at radius 3 is 1.24 bits per heavy atom. The molecule has 2 N–H and O–H groups in total. The number of aliphatic carboxylic acids is 2. The largest absolute Gasteiger partial charge is 0.481 e. The van der Waals surface area contributed by atoms with E-state index in [9.17, 15) is 9.59 Å². The molecule has 0 aromatic heterocycles. The van der Waals surface area contributed by atoms with E-state index in [0.717, 1.165) is 37.5 Å². The van der Waals surface area contributed by atoms with E-state index in [2.05, 4.69) is 0 Å². The Hall–Kier alpha value is -0.138. The maximum atomic E-state index is 10.2. The minimum Gasteiger partial charge on any atom is -0.481 e. The van der Waals surface area contributed by atoms with Crippen LogP contribution in [0.4, 0.5) is 0 Å². The van der Waals surface area contributed by atoms with Gasteiger partial charge >= 0.3 is 11.9 Å². The van der Waals surface area contributed by atoms with Crippen LogP contribution in [0.3, 0.4) is 0 Å². The molecule has 0 spiro atoms. The number of rotatable bonds is 8. The molecule has 2 fully saturated rings. The average Bonchev–Trinajstić information content (AvgIpc) is 2.57. The zero-order valence-electron chi connectivity index (χ0n) is 15.9. The van der Waals surface area contributed by atoms with Gasteiger partial charge in [-0.3, -0.25) is 9.59 Å². The van der Waals surface area contributed by atoms with Gasteiger partial charge in [0, 0.05) is 40.1 Å². The van der Waals surface area contributed by atoms with Crippen molar-refractivity contribution in [3.63, 3.8) is 0 Å². The normalized spacial score (nSPS) is 18.6. The molecule has 2 saturated carbocycles. The molecule has 0 amide bonds. The van der Waals surface area contributed by atoms with Crippen molar-refractivity contribution in [2.45, 2.75) is 103 Å². The van der Waals surface area contributed by atoms with Crippen LogP contribution in [0.2, 0.25) is 0 Å². The van der Waals surface area contributed by atoms with E-state index in [1.807, 2.05) is 0 Å². The molecule has 0 bridgehead atoms. The molecule has 5 heteroatoms. The summed E-state index contributed by atoms with van der Waals surface area (Å²) < 4.78 is 0. The van der Waals surface area contributed by atoms with Crippen molar-refractivity contribution in [3.05, 3.63) is 0 Å². The van der Waals surface area contributed by atoms with E-state index in [0.29, 0.717) is 12.8 Å². The maximum absolute atomic E-state index is 10.2. The molecule has 0 aromatic rings. The molecule has 0 aromatic carbocycles. The van der Waals surface area contributed by atoms with Crippen LogP contribution in [-0.4, -0.2) is 22.2 Å². The van der Waals surface area contributed by atoms with Gasteiger partial charge < -0.3 is 10.2 Å². The molecular weight excluding hydrogens is 417 g/mol. The van der Waals surface area contributed by atoms with Crippen molar-refractivity contribution < 1.29 is 47.1 Å². The molecule has 2 aliphatic carbocycles. The van der Waals surface area contributed by atoms with Gasteiger partial charge in [-0.05, 0) is 37.5 Å². The van der Waals surface area contributed by atoms with Crippen LogP contribution in [0.5, 0.6) is 0 Å². The molecule has 2 aliphatic rings. The summed E-state index contributed by atoms with van der Waals surface area (Å²) in [6.07, 6.45) is 18.3. The fraction of sp³-hybridized carbons (Fsp3) is 0.900. The molecular formula is C20H36CdO4. The van der Waals surface area contributed by atoms with Crippen LogP contribution in [0.15, 0.2) is 0 Å². The second-order valence-electron chi connectivity index (χ2n) is 7.58. The summed E-state index contributed by atoms with van der Waals surface area (Å²) in [6, 6.07) is 0. The first-order chi connectivity index (χ1) is 11.6. The SMILES string of the molecule is O=C(O)CCCC1CCCCC1.O=C(O)CCCC1CCCCC1.[Cd]. The number of hydrogen-bond acceptors (Lipinski definition) is 2. The fourth-order valence-corrected chi connectivity index (χ4v) is 4.04. The molecule has 0 atom stereocenters. The van der Waals surface area contributed by atoms with Crippen LogP contribution in [0, 0.1) is 11.8 Å². The summed E-state index contributed by atoms with van der Waals surface area (Å²) >= 11 is 0. The molecule has 142 valence electrons. The Morgan fingerprint density at radius 1 is 0.640 bits per heavy atom. The van der Waals surface area contributed by atoms with Crippen molar-refractivity contribution in [2.24, 2.45) is 11.8 Å². The van der Waals surface area contributed by atoms with Crippen molar-refractivity contribution in [1.29, 1.82) is 0 Å². The minimum atomic E-state index is -0.647. The van der Waals surface area contributed by atoms with Crippen molar-refractivity contribution in [3.8, 4) is 0 Å². The topological polar surface area (TPSA) is 74.6 Å². The number of carboxylic acid groups (broad SMARTS) is 2. The first kappa shape index (κ1) is 24.9. The molecule has 25 heavy (non-hydrogen) atoms. The summed E-state index contributed by atoms with van der Waals surface area (Å²) in [5.41, 5.74) is 0. The molecule has 0 heterocycles. The molecule has 4 nitrogen and oxygen atoms in total. The Balaban J connectivity index is 0.000000443. The predicted molar refractivity (Wildman–Crippen MR) is 96.1 cm³/mol. The Morgan fingerprint density at radius 2 is 0.960 bits per heavy atom. The van der Waals surface area contributed by atoms with E-state index < -0.39 is 11.9 Å². The van der Waals surface area contributed by atoms with Crippen LogP contribution >= 0.6 is 0 Å². The molecule has 0 saturated heterocycles. The molecule has 0 radical (unpaired) electrons. The molecule has 0 unspecified atom stereocenters. The third-order valence-corrected chi connectivity index (χ3v) is 5.46. The number of carbonyl (C=O) groups is 2. The Bertz CT molecular complexity index is 314. The third-order valence-electron chi connectivity index (χ3n) is 5.46. The van der Waals surface area contributed by atoms with Gasteiger partial charge in [0.15, 0.2) is 0 Å². The van der Waals surface area contributed by atoms with Gasteiger partial charge in [0.25, 0.3) is 0 Å². The van der Waals surface area contributed by atoms with Crippen LogP contribution in [0.1, 0.15) is 103 Å². The van der Waals surface area contributed by atoms with E-state index in [4.69, 9.17) is 10.2 Å². The van der Waals surface area contributed by atoms with Crippen molar-refractivity contribution >= 4 is 11.9 Å². The zero-order valence-corrected chi connectivity index (χ0v) is 19.9.